The SMILES string of the molecule is CC(C)C(=O)N1CCCN(C(=O)C(C)Oc2ccc(C(C)C)cc2)CC1. The van der Waals surface area contributed by atoms with Crippen molar-refractivity contribution in [1.29, 1.82) is 0 Å². The Kier molecular flexibility index (Phi) is 7.06. The summed E-state index contributed by atoms with van der Waals surface area (Å²) in [4.78, 5) is 28.6. The zero-order chi connectivity index (χ0) is 19.3. The van der Waals surface area contributed by atoms with E-state index in [0.29, 0.717) is 37.8 Å². The van der Waals surface area contributed by atoms with E-state index in [0.717, 1.165) is 6.42 Å². The summed E-state index contributed by atoms with van der Waals surface area (Å²) in [5.74, 6) is 1.32. The van der Waals surface area contributed by atoms with E-state index in [9.17, 15) is 9.59 Å². The van der Waals surface area contributed by atoms with Crippen LogP contribution in [-0.2, 0) is 9.59 Å². The molecule has 5 heteroatoms. The van der Waals surface area contributed by atoms with Crippen LogP contribution in [0.1, 0.15) is 52.5 Å². The Bertz CT molecular complexity index is 610. The van der Waals surface area contributed by atoms with Gasteiger partial charge in [0, 0.05) is 32.1 Å². The Morgan fingerprint density at radius 1 is 0.846 bits per heavy atom. The highest BCUT2D eigenvalue weighted by atomic mass is 16.5. The maximum atomic E-state index is 12.7. The number of rotatable bonds is 5. The molecule has 0 N–H and O–H groups in total. The molecule has 1 atom stereocenters. The van der Waals surface area contributed by atoms with E-state index in [2.05, 4.69) is 13.8 Å². The molecule has 0 spiro atoms. The molecule has 0 radical (unpaired) electrons. The lowest BCUT2D eigenvalue weighted by Gasteiger charge is -2.25. The quantitative estimate of drug-likeness (QED) is 0.809. The van der Waals surface area contributed by atoms with Crippen molar-refractivity contribution in [2.45, 2.75) is 53.1 Å². The molecular weight excluding hydrogens is 328 g/mol. The van der Waals surface area contributed by atoms with Crippen LogP contribution >= 0.6 is 0 Å². The van der Waals surface area contributed by atoms with E-state index in [1.54, 1.807) is 6.92 Å². The number of amides is 2. The van der Waals surface area contributed by atoms with Crippen LogP contribution in [0.3, 0.4) is 0 Å². The van der Waals surface area contributed by atoms with Gasteiger partial charge >= 0.3 is 0 Å². The number of carbonyl (C=O) groups excluding carboxylic acids is 2. The first-order valence-electron chi connectivity index (χ1n) is 9.63. The third kappa shape index (κ3) is 5.23. The second-order valence-electron chi connectivity index (χ2n) is 7.64. The zero-order valence-corrected chi connectivity index (χ0v) is 16.7. The van der Waals surface area contributed by atoms with Crippen molar-refractivity contribution in [1.82, 2.24) is 9.80 Å². The Morgan fingerprint density at radius 3 is 1.88 bits per heavy atom. The van der Waals surface area contributed by atoms with Crippen LogP contribution in [0, 0.1) is 5.92 Å². The van der Waals surface area contributed by atoms with Gasteiger partial charge in [0.1, 0.15) is 5.75 Å². The monoisotopic (exact) mass is 360 g/mol. The van der Waals surface area contributed by atoms with E-state index in [4.69, 9.17) is 4.74 Å². The van der Waals surface area contributed by atoms with Gasteiger partial charge in [0.15, 0.2) is 6.10 Å². The summed E-state index contributed by atoms with van der Waals surface area (Å²) in [6, 6.07) is 7.92. The predicted octanol–water partition coefficient (Wildman–Crippen LogP) is 3.29. The highest BCUT2D eigenvalue weighted by molar-refractivity contribution is 5.81. The summed E-state index contributed by atoms with van der Waals surface area (Å²) >= 11 is 0. The molecule has 1 saturated heterocycles. The molecule has 1 aliphatic heterocycles. The average Bonchev–Trinajstić information content (AvgIpc) is 2.86. The predicted molar refractivity (Wildman–Crippen MR) is 103 cm³/mol. The maximum Gasteiger partial charge on any atom is 0.263 e. The summed E-state index contributed by atoms with van der Waals surface area (Å²) in [6.45, 7) is 12.5. The number of ether oxygens (including phenoxy) is 1. The van der Waals surface area contributed by atoms with Gasteiger partial charge < -0.3 is 14.5 Å². The summed E-state index contributed by atoms with van der Waals surface area (Å²) < 4.78 is 5.85. The van der Waals surface area contributed by atoms with Crippen LogP contribution in [0.4, 0.5) is 0 Å². The molecule has 144 valence electrons. The molecule has 2 rings (SSSR count). The topological polar surface area (TPSA) is 49.9 Å². The van der Waals surface area contributed by atoms with E-state index < -0.39 is 6.10 Å². The number of benzene rings is 1. The molecule has 0 saturated carbocycles. The second-order valence-corrected chi connectivity index (χ2v) is 7.64. The first-order valence-corrected chi connectivity index (χ1v) is 9.63. The van der Waals surface area contributed by atoms with Crippen LogP contribution in [0.25, 0.3) is 0 Å². The first-order chi connectivity index (χ1) is 12.3. The van der Waals surface area contributed by atoms with Crippen LogP contribution in [0.5, 0.6) is 5.75 Å². The van der Waals surface area contributed by atoms with E-state index in [1.165, 1.54) is 5.56 Å². The molecule has 1 unspecified atom stereocenters. The lowest BCUT2D eigenvalue weighted by Crippen LogP contribution is -2.43. The molecule has 1 fully saturated rings. The third-order valence-electron chi connectivity index (χ3n) is 4.82. The molecule has 2 amide bonds. The van der Waals surface area contributed by atoms with Crippen LogP contribution in [-0.4, -0.2) is 53.9 Å². The van der Waals surface area contributed by atoms with E-state index in [-0.39, 0.29) is 17.7 Å². The van der Waals surface area contributed by atoms with Gasteiger partial charge in [0.2, 0.25) is 5.91 Å². The smallest absolute Gasteiger partial charge is 0.263 e. The average molecular weight is 360 g/mol. The number of carbonyl (C=O) groups is 2. The fraction of sp³-hybridized carbons (Fsp3) is 0.619. The Morgan fingerprint density at radius 2 is 1.38 bits per heavy atom. The molecule has 0 aromatic heterocycles. The molecule has 5 nitrogen and oxygen atoms in total. The molecular formula is C21H32N2O3. The van der Waals surface area contributed by atoms with Crippen molar-refractivity contribution in [2.24, 2.45) is 5.92 Å². The number of nitrogens with zero attached hydrogens (tertiary/aromatic N) is 2. The Labute approximate surface area is 157 Å². The zero-order valence-electron chi connectivity index (χ0n) is 16.7. The molecule has 1 aliphatic rings. The minimum absolute atomic E-state index is 0.00619. The minimum Gasteiger partial charge on any atom is -0.481 e. The normalized spacial score (nSPS) is 16.6. The molecule has 26 heavy (non-hydrogen) atoms. The van der Waals surface area contributed by atoms with Crippen LogP contribution in [0.15, 0.2) is 24.3 Å². The summed E-state index contributed by atoms with van der Waals surface area (Å²) in [7, 11) is 0. The first kappa shape index (κ1) is 20.3. The van der Waals surface area contributed by atoms with Crippen molar-refractivity contribution in [3.63, 3.8) is 0 Å². The largest absolute Gasteiger partial charge is 0.481 e. The molecule has 0 bridgehead atoms. The van der Waals surface area contributed by atoms with Gasteiger partial charge in [-0.05, 0) is 37.0 Å². The Balaban J connectivity index is 1.92. The lowest BCUT2D eigenvalue weighted by molar-refractivity contribution is -0.139. The van der Waals surface area contributed by atoms with Crippen molar-refractivity contribution in [3.05, 3.63) is 29.8 Å². The van der Waals surface area contributed by atoms with Gasteiger partial charge in [0.25, 0.3) is 5.91 Å². The molecule has 1 aromatic rings. The number of hydrogen-bond donors (Lipinski definition) is 0. The van der Waals surface area contributed by atoms with E-state index in [1.807, 2.05) is 47.9 Å². The van der Waals surface area contributed by atoms with Gasteiger partial charge in [-0.15, -0.1) is 0 Å². The van der Waals surface area contributed by atoms with Crippen molar-refractivity contribution >= 4 is 11.8 Å². The second kappa shape index (κ2) is 9.06. The molecule has 1 aromatic carbocycles. The summed E-state index contributed by atoms with van der Waals surface area (Å²) in [6.07, 6.45) is 0.271. The van der Waals surface area contributed by atoms with Crippen LogP contribution < -0.4 is 4.74 Å². The third-order valence-corrected chi connectivity index (χ3v) is 4.82. The van der Waals surface area contributed by atoms with Gasteiger partial charge in [-0.2, -0.15) is 0 Å². The summed E-state index contributed by atoms with van der Waals surface area (Å²) in [5, 5.41) is 0. The van der Waals surface area contributed by atoms with Gasteiger partial charge in [-0.1, -0.05) is 39.8 Å². The van der Waals surface area contributed by atoms with Crippen LogP contribution in [0.2, 0.25) is 0 Å². The number of hydrogen-bond acceptors (Lipinski definition) is 3. The standard InChI is InChI=1S/C21H32N2O3/c1-15(2)18-7-9-19(10-8-18)26-17(5)21(25)23-12-6-11-22(13-14-23)20(24)16(3)4/h7-10,15-17H,6,11-14H2,1-5H3. The highest BCUT2D eigenvalue weighted by Crippen LogP contribution is 2.20. The van der Waals surface area contributed by atoms with Crippen molar-refractivity contribution in [3.8, 4) is 5.75 Å². The van der Waals surface area contributed by atoms with E-state index >= 15 is 0 Å². The fourth-order valence-corrected chi connectivity index (χ4v) is 3.17. The van der Waals surface area contributed by atoms with Crippen molar-refractivity contribution < 1.29 is 14.3 Å². The highest BCUT2D eigenvalue weighted by Gasteiger charge is 2.26. The lowest BCUT2D eigenvalue weighted by atomic mass is 10.0. The minimum atomic E-state index is -0.535. The fourth-order valence-electron chi connectivity index (χ4n) is 3.17. The van der Waals surface area contributed by atoms with Crippen molar-refractivity contribution in [2.75, 3.05) is 26.2 Å². The van der Waals surface area contributed by atoms with Gasteiger partial charge in [0.05, 0.1) is 0 Å². The van der Waals surface area contributed by atoms with Gasteiger partial charge in [-0.3, -0.25) is 9.59 Å². The summed E-state index contributed by atoms with van der Waals surface area (Å²) in [5.41, 5.74) is 1.25. The Hall–Kier alpha value is -2.04. The maximum absolute atomic E-state index is 12.7. The molecule has 0 aliphatic carbocycles. The molecule has 1 heterocycles. The van der Waals surface area contributed by atoms with Gasteiger partial charge in [-0.25, -0.2) is 0 Å².